The maximum atomic E-state index is 13.1. The zero-order valence-electron chi connectivity index (χ0n) is 14.6. The molecule has 1 fully saturated rings. The summed E-state index contributed by atoms with van der Waals surface area (Å²) in [5.41, 5.74) is 2.70. The molecule has 1 aliphatic rings. The molecule has 0 aliphatic carbocycles. The lowest BCUT2D eigenvalue weighted by molar-refractivity contribution is 0.628. The highest BCUT2D eigenvalue weighted by Crippen LogP contribution is 2.23. The molecule has 0 saturated carbocycles. The minimum Gasteiger partial charge on any atom is -0.353 e. The Bertz CT molecular complexity index is 862. The number of aromatic nitrogens is 3. The van der Waals surface area contributed by atoms with Gasteiger partial charge in [-0.25, -0.2) is 9.37 Å². The van der Waals surface area contributed by atoms with Gasteiger partial charge < -0.3 is 9.80 Å². The maximum absolute atomic E-state index is 13.1. The van der Waals surface area contributed by atoms with E-state index in [4.69, 9.17) is 0 Å². The van der Waals surface area contributed by atoms with Crippen LogP contribution in [0.15, 0.2) is 41.8 Å². The molecule has 26 heavy (non-hydrogen) atoms. The van der Waals surface area contributed by atoms with Gasteiger partial charge in [0, 0.05) is 37.1 Å². The largest absolute Gasteiger partial charge is 0.353 e. The second-order valence-electron chi connectivity index (χ2n) is 6.38. The number of rotatable bonds is 3. The monoisotopic (exact) mass is 369 g/mol. The second kappa shape index (κ2) is 7.37. The number of anilines is 2. The first-order chi connectivity index (χ1) is 12.7. The van der Waals surface area contributed by atoms with Crippen molar-refractivity contribution >= 4 is 22.3 Å². The molecule has 1 saturated heterocycles. The van der Waals surface area contributed by atoms with Gasteiger partial charge in [-0.05, 0) is 49.7 Å². The third kappa shape index (κ3) is 3.67. The average molecular weight is 369 g/mol. The van der Waals surface area contributed by atoms with Gasteiger partial charge in [0.1, 0.15) is 5.82 Å². The lowest BCUT2D eigenvalue weighted by atomic mass is 10.1. The fourth-order valence-electron chi connectivity index (χ4n) is 3.09. The minimum atomic E-state index is -0.247. The van der Waals surface area contributed by atoms with Gasteiger partial charge >= 0.3 is 0 Å². The Balaban J connectivity index is 1.45. The van der Waals surface area contributed by atoms with E-state index < -0.39 is 0 Å². The van der Waals surface area contributed by atoms with Crippen molar-refractivity contribution in [3.8, 4) is 11.3 Å². The highest BCUT2D eigenvalue weighted by atomic mass is 32.1. The van der Waals surface area contributed by atoms with Crippen LogP contribution in [0, 0.1) is 12.7 Å². The molecule has 1 aliphatic heterocycles. The van der Waals surface area contributed by atoms with E-state index >= 15 is 0 Å². The van der Waals surface area contributed by atoms with Crippen LogP contribution in [0.3, 0.4) is 0 Å². The van der Waals surface area contributed by atoms with Crippen molar-refractivity contribution < 1.29 is 4.39 Å². The Hall–Kier alpha value is -2.54. The summed E-state index contributed by atoms with van der Waals surface area (Å²) in [5, 5.41) is 11.9. The number of aryl methyl sites for hydroxylation is 1. The van der Waals surface area contributed by atoms with E-state index in [1.807, 2.05) is 19.1 Å². The maximum Gasteiger partial charge on any atom is 0.185 e. The van der Waals surface area contributed by atoms with Gasteiger partial charge in [0.05, 0.1) is 11.4 Å². The first kappa shape index (κ1) is 16.9. The van der Waals surface area contributed by atoms with Crippen LogP contribution in [0.2, 0.25) is 0 Å². The molecule has 0 atom stereocenters. The standard InChI is InChI=1S/C19H20FN5S/c1-14-13-26-19(21-14)25-10-2-9-24(11-12-25)18-8-7-17(22-23-18)15-3-5-16(20)6-4-15/h3-8,13H,2,9-12H2,1H3. The minimum absolute atomic E-state index is 0.247. The van der Waals surface area contributed by atoms with Crippen LogP contribution in [-0.4, -0.2) is 41.4 Å². The van der Waals surface area contributed by atoms with Crippen LogP contribution in [0.5, 0.6) is 0 Å². The van der Waals surface area contributed by atoms with E-state index in [1.54, 1.807) is 23.5 Å². The summed E-state index contributed by atoms with van der Waals surface area (Å²) in [7, 11) is 0. The van der Waals surface area contributed by atoms with Crippen molar-refractivity contribution in [1.82, 2.24) is 15.2 Å². The highest BCUT2D eigenvalue weighted by molar-refractivity contribution is 7.13. The zero-order valence-corrected chi connectivity index (χ0v) is 15.4. The molecule has 3 heterocycles. The first-order valence-corrected chi connectivity index (χ1v) is 9.59. The predicted molar refractivity (Wildman–Crippen MR) is 103 cm³/mol. The molecule has 2 aromatic heterocycles. The topological polar surface area (TPSA) is 45.2 Å². The number of hydrogen-bond acceptors (Lipinski definition) is 6. The molecule has 1 aromatic carbocycles. The quantitative estimate of drug-likeness (QED) is 0.703. The number of thiazole rings is 1. The van der Waals surface area contributed by atoms with Gasteiger partial charge in [-0.2, -0.15) is 0 Å². The number of benzene rings is 1. The lowest BCUT2D eigenvalue weighted by Gasteiger charge is -2.22. The van der Waals surface area contributed by atoms with E-state index in [1.165, 1.54) is 12.1 Å². The van der Waals surface area contributed by atoms with Crippen molar-refractivity contribution in [2.24, 2.45) is 0 Å². The van der Waals surface area contributed by atoms with Crippen molar-refractivity contribution in [2.75, 3.05) is 36.0 Å². The normalized spacial score (nSPS) is 15.2. The zero-order chi connectivity index (χ0) is 17.9. The molecule has 0 amide bonds. The van der Waals surface area contributed by atoms with E-state index in [9.17, 15) is 4.39 Å². The Kier molecular flexibility index (Phi) is 4.79. The van der Waals surface area contributed by atoms with Gasteiger partial charge in [-0.15, -0.1) is 21.5 Å². The molecule has 5 nitrogen and oxygen atoms in total. The van der Waals surface area contributed by atoms with Gasteiger partial charge in [0.15, 0.2) is 10.9 Å². The highest BCUT2D eigenvalue weighted by Gasteiger charge is 2.18. The smallest absolute Gasteiger partial charge is 0.185 e. The van der Waals surface area contributed by atoms with Gasteiger partial charge in [-0.3, -0.25) is 0 Å². The Labute approximate surface area is 156 Å². The molecule has 0 unspecified atom stereocenters. The molecule has 0 radical (unpaired) electrons. The van der Waals surface area contributed by atoms with Crippen LogP contribution in [0.1, 0.15) is 12.1 Å². The summed E-state index contributed by atoms with van der Waals surface area (Å²) in [6.45, 7) is 5.80. The van der Waals surface area contributed by atoms with Gasteiger partial charge in [0.25, 0.3) is 0 Å². The predicted octanol–water partition coefficient (Wildman–Crippen LogP) is 3.76. The van der Waals surface area contributed by atoms with Gasteiger partial charge in [0.2, 0.25) is 0 Å². The third-order valence-corrected chi connectivity index (χ3v) is 5.51. The molecule has 0 N–H and O–H groups in total. The summed E-state index contributed by atoms with van der Waals surface area (Å²) in [5.74, 6) is 0.635. The van der Waals surface area contributed by atoms with Crippen LogP contribution in [0.4, 0.5) is 15.3 Å². The molecule has 0 bridgehead atoms. The van der Waals surface area contributed by atoms with Crippen LogP contribution >= 0.6 is 11.3 Å². The molecular formula is C19H20FN5S. The van der Waals surface area contributed by atoms with E-state index in [-0.39, 0.29) is 5.82 Å². The van der Waals surface area contributed by atoms with E-state index in [2.05, 4.69) is 30.4 Å². The van der Waals surface area contributed by atoms with Crippen LogP contribution < -0.4 is 9.80 Å². The molecule has 3 aromatic rings. The molecule has 4 rings (SSSR count). The number of hydrogen-bond donors (Lipinski definition) is 0. The van der Waals surface area contributed by atoms with Crippen LogP contribution in [-0.2, 0) is 0 Å². The van der Waals surface area contributed by atoms with Crippen molar-refractivity contribution in [1.29, 1.82) is 0 Å². The fraction of sp³-hybridized carbons (Fsp3) is 0.316. The molecule has 0 spiro atoms. The van der Waals surface area contributed by atoms with Crippen LogP contribution in [0.25, 0.3) is 11.3 Å². The van der Waals surface area contributed by atoms with Crippen molar-refractivity contribution in [3.05, 3.63) is 53.3 Å². The van der Waals surface area contributed by atoms with E-state index in [0.29, 0.717) is 0 Å². The Morgan fingerprint density at radius 1 is 0.923 bits per heavy atom. The Morgan fingerprint density at radius 2 is 1.69 bits per heavy atom. The van der Waals surface area contributed by atoms with Crippen molar-refractivity contribution in [2.45, 2.75) is 13.3 Å². The first-order valence-electron chi connectivity index (χ1n) is 8.71. The van der Waals surface area contributed by atoms with Crippen molar-refractivity contribution in [3.63, 3.8) is 0 Å². The second-order valence-corrected chi connectivity index (χ2v) is 7.22. The number of nitrogens with zero attached hydrogens (tertiary/aromatic N) is 5. The SMILES string of the molecule is Cc1csc(N2CCCN(c3ccc(-c4ccc(F)cc4)nn3)CC2)n1. The summed E-state index contributed by atoms with van der Waals surface area (Å²) >= 11 is 1.70. The van der Waals surface area contributed by atoms with Gasteiger partial charge in [-0.1, -0.05) is 0 Å². The molecule has 134 valence electrons. The summed E-state index contributed by atoms with van der Waals surface area (Å²) in [6.07, 6.45) is 1.06. The summed E-state index contributed by atoms with van der Waals surface area (Å²) in [6, 6.07) is 10.3. The average Bonchev–Trinajstić information content (AvgIpc) is 2.95. The third-order valence-electron chi connectivity index (χ3n) is 4.49. The Morgan fingerprint density at radius 3 is 2.38 bits per heavy atom. The molecular weight excluding hydrogens is 349 g/mol. The van der Waals surface area contributed by atoms with E-state index in [0.717, 1.165) is 60.5 Å². The summed E-state index contributed by atoms with van der Waals surface area (Å²) < 4.78 is 13.1. The summed E-state index contributed by atoms with van der Waals surface area (Å²) in [4.78, 5) is 9.21. The lowest BCUT2D eigenvalue weighted by Crippen LogP contribution is -2.31. The molecule has 7 heteroatoms. The number of halogens is 1. The fourth-order valence-corrected chi connectivity index (χ4v) is 3.95.